The van der Waals surface area contributed by atoms with Crippen molar-refractivity contribution in [3.63, 3.8) is 0 Å². The molecule has 1 heterocycles. The van der Waals surface area contributed by atoms with Crippen molar-refractivity contribution >= 4 is 10.0 Å². The molecule has 0 saturated carbocycles. The molecule has 0 bridgehead atoms. The molecule has 2 rings (SSSR count). The summed E-state index contributed by atoms with van der Waals surface area (Å²) in [5, 5.41) is 0. The highest BCUT2D eigenvalue weighted by Crippen LogP contribution is 2.24. The zero-order chi connectivity index (χ0) is 16.4. The smallest absolute Gasteiger partial charge is 0.406 e. The highest BCUT2D eigenvalue weighted by molar-refractivity contribution is 7.88. The van der Waals surface area contributed by atoms with Gasteiger partial charge in [-0.25, -0.2) is 13.1 Å². The van der Waals surface area contributed by atoms with Crippen LogP contribution in [0.25, 0.3) is 0 Å². The van der Waals surface area contributed by atoms with E-state index in [1.54, 1.807) is 6.07 Å². The van der Waals surface area contributed by atoms with E-state index in [1.165, 1.54) is 18.2 Å². The van der Waals surface area contributed by atoms with Crippen LogP contribution >= 0.6 is 0 Å². The van der Waals surface area contributed by atoms with Gasteiger partial charge in [0.25, 0.3) is 0 Å². The van der Waals surface area contributed by atoms with Gasteiger partial charge in [0.2, 0.25) is 10.0 Å². The van der Waals surface area contributed by atoms with E-state index in [0.717, 1.165) is 6.26 Å². The van der Waals surface area contributed by atoms with E-state index in [2.05, 4.69) is 9.46 Å². The Morgan fingerprint density at radius 1 is 1.41 bits per heavy atom. The van der Waals surface area contributed by atoms with Crippen molar-refractivity contribution in [1.29, 1.82) is 0 Å². The van der Waals surface area contributed by atoms with E-state index < -0.39 is 16.4 Å². The topological polar surface area (TPSA) is 58.6 Å². The standard InChI is InChI=1S/C13H17F3N2O3S/c1-22(19,20)17-11-5-6-18(9-11)8-10-3-2-4-12(7-10)21-13(14,15)16/h2-4,7,11,17H,5-6,8-9H2,1H3/t11-/m0/s1. The van der Waals surface area contributed by atoms with Crippen LogP contribution in [0.1, 0.15) is 12.0 Å². The van der Waals surface area contributed by atoms with E-state index in [9.17, 15) is 21.6 Å². The second-order valence-corrected chi connectivity index (χ2v) is 7.09. The molecule has 0 unspecified atom stereocenters. The second-order valence-electron chi connectivity index (χ2n) is 5.31. The van der Waals surface area contributed by atoms with Crippen LogP contribution < -0.4 is 9.46 Å². The number of hydrogen-bond acceptors (Lipinski definition) is 4. The fraction of sp³-hybridized carbons (Fsp3) is 0.538. The minimum absolute atomic E-state index is 0.162. The van der Waals surface area contributed by atoms with Gasteiger partial charge in [0, 0.05) is 25.7 Å². The van der Waals surface area contributed by atoms with Crippen LogP contribution in [0.5, 0.6) is 5.75 Å². The highest BCUT2D eigenvalue weighted by atomic mass is 32.2. The molecule has 0 aromatic heterocycles. The zero-order valence-electron chi connectivity index (χ0n) is 11.9. The number of likely N-dealkylation sites (tertiary alicyclic amines) is 1. The first-order chi connectivity index (χ1) is 10.1. The molecule has 1 atom stereocenters. The van der Waals surface area contributed by atoms with Gasteiger partial charge in [-0.3, -0.25) is 4.90 Å². The number of ether oxygens (including phenoxy) is 1. The van der Waals surface area contributed by atoms with Gasteiger partial charge in [0.1, 0.15) is 5.75 Å². The first-order valence-corrected chi connectivity index (χ1v) is 8.54. The third kappa shape index (κ3) is 5.82. The number of nitrogens with zero attached hydrogens (tertiary/aromatic N) is 1. The third-order valence-corrected chi connectivity index (χ3v) is 3.95. The van der Waals surface area contributed by atoms with Gasteiger partial charge in [-0.2, -0.15) is 0 Å². The highest BCUT2D eigenvalue weighted by Gasteiger charge is 2.31. The zero-order valence-corrected chi connectivity index (χ0v) is 12.7. The monoisotopic (exact) mass is 338 g/mol. The minimum Gasteiger partial charge on any atom is -0.406 e. The molecule has 1 saturated heterocycles. The molecule has 1 fully saturated rings. The molecule has 0 aliphatic carbocycles. The fourth-order valence-corrected chi connectivity index (χ4v) is 3.27. The Morgan fingerprint density at radius 3 is 2.77 bits per heavy atom. The summed E-state index contributed by atoms with van der Waals surface area (Å²) in [4.78, 5) is 1.98. The van der Waals surface area contributed by atoms with E-state index in [0.29, 0.717) is 31.6 Å². The van der Waals surface area contributed by atoms with Gasteiger partial charge in [0.05, 0.1) is 6.26 Å². The van der Waals surface area contributed by atoms with E-state index >= 15 is 0 Å². The van der Waals surface area contributed by atoms with Crippen molar-refractivity contribution < 1.29 is 26.3 Å². The van der Waals surface area contributed by atoms with E-state index in [4.69, 9.17) is 0 Å². The Morgan fingerprint density at radius 2 is 2.14 bits per heavy atom. The molecule has 1 aromatic rings. The molecule has 0 radical (unpaired) electrons. The predicted molar refractivity (Wildman–Crippen MR) is 74.8 cm³/mol. The maximum Gasteiger partial charge on any atom is 0.573 e. The van der Waals surface area contributed by atoms with Crippen molar-refractivity contribution in [1.82, 2.24) is 9.62 Å². The first-order valence-electron chi connectivity index (χ1n) is 6.65. The Balaban J connectivity index is 1.93. The number of sulfonamides is 1. The van der Waals surface area contributed by atoms with Crippen molar-refractivity contribution in [2.24, 2.45) is 0 Å². The lowest BCUT2D eigenvalue weighted by Gasteiger charge is -2.17. The molecular formula is C13H17F3N2O3S. The number of hydrogen-bond donors (Lipinski definition) is 1. The molecule has 1 aromatic carbocycles. The molecule has 1 N–H and O–H groups in total. The summed E-state index contributed by atoms with van der Waals surface area (Å²) in [6, 6.07) is 5.63. The van der Waals surface area contributed by atoms with Gasteiger partial charge in [-0.15, -0.1) is 13.2 Å². The third-order valence-electron chi connectivity index (χ3n) is 3.19. The molecule has 1 aliphatic heterocycles. The summed E-state index contributed by atoms with van der Waals surface area (Å²) in [5.41, 5.74) is 0.682. The van der Waals surface area contributed by atoms with Crippen LogP contribution in [0.15, 0.2) is 24.3 Å². The lowest BCUT2D eigenvalue weighted by atomic mass is 10.2. The van der Waals surface area contributed by atoms with Crippen LogP contribution in [0.4, 0.5) is 13.2 Å². The Hall–Kier alpha value is -1.32. The summed E-state index contributed by atoms with van der Waals surface area (Å²) in [5.74, 6) is -0.255. The summed E-state index contributed by atoms with van der Waals surface area (Å²) in [6.07, 6.45) is -2.93. The lowest BCUT2D eigenvalue weighted by Crippen LogP contribution is -2.36. The Bertz CT molecular complexity index is 619. The molecule has 124 valence electrons. The lowest BCUT2D eigenvalue weighted by molar-refractivity contribution is -0.274. The maximum atomic E-state index is 12.2. The van der Waals surface area contributed by atoms with Crippen molar-refractivity contribution in [2.45, 2.75) is 25.4 Å². The van der Waals surface area contributed by atoms with Gasteiger partial charge in [-0.1, -0.05) is 12.1 Å². The molecule has 0 amide bonds. The van der Waals surface area contributed by atoms with Crippen LogP contribution in [-0.4, -0.2) is 45.1 Å². The number of rotatable bonds is 5. The maximum absolute atomic E-state index is 12.2. The summed E-state index contributed by atoms with van der Waals surface area (Å²) in [6.45, 7) is 1.64. The molecular weight excluding hydrogens is 321 g/mol. The summed E-state index contributed by atoms with van der Waals surface area (Å²) >= 11 is 0. The number of benzene rings is 1. The number of halogens is 3. The van der Waals surface area contributed by atoms with Crippen LogP contribution in [0.2, 0.25) is 0 Å². The van der Waals surface area contributed by atoms with Gasteiger partial charge >= 0.3 is 6.36 Å². The second kappa shape index (κ2) is 6.43. The quantitative estimate of drug-likeness (QED) is 0.888. The van der Waals surface area contributed by atoms with Gasteiger partial charge < -0.3 is 4.74 Å². The minimum atomic E-state index is -4.71. The summed E-state index contributed by atoms with van der Waals surface area (Å²) in [7, 11) is -3.25. The molecule has 22 heavy (non-hydrogen) atoms. The largest absolute Gasteiger partial charge is 0.573 e. The Kier molecular flexibility index (Phi) is 4.98. The average molecular weight is 338 g/mol. The van der Waals surface area contributed by atoms with Gasteiger partial charge in [-0.05, 0) is 24.1 Å². The van der Waals surface area contributed by atoms with E-state index in [-0.39, 0.29) is 11.8 Å². The molecule has 9 heteroatoms. The Labute approximate surface area is 127 Å². The molecule has 1 aliphatic rings. The first kappa shape index (κ1) is 17.0. The fourth-order valence-electron chi connectivity index (χ4n) is 2.47. The van der Waals surface area contributed by atoms with E-state index in [1.807, 2.05) is 4.90 Å². The summed E-state index contributed by atoms with van der Waals surface area (Å²) < 4.78 is 65.3. The SMILES string of the molecule is CS(=O)(=O)N[C@H]1CCN(Cc2cccc(OC(F)(F)F)c2)C1. The van der Waals surface area contributed by atoms with Crippen molar-refractivity contribution in [2.75, 3.05) is 19.3 Å². The van der Waals surface area contributed by atoms with Crippen LogP contribution in [0.3, 0.4) is 0 Å². The van der Waals surface area contributed by atoms with Gasteiger partial charge in [0.15, 0.2) is 0 Å². The van der Waals surface area contributed by atoms with Crippen LogP contribution in [-0.2, 0) is 16.6 Å². The average Bonchev–Trinajstić information content (AvgIpc) is 2.72. The van der Waals surface area contributed by atoms with Crippen molar-refractivity contribution in [3.05, 3.63) is 29.8 Å². The van der Waals surface area contributed by atoms with Crippen molar-refractivity contribution in [3.8, 4) is 5.75 Å². The van der Waals surface area contributed by atoms with Crippen LogP contribution in [0, 0.1) is 0 Å². The molecule has 0 spiro atoms. The normalized spacial score (nSPS) is 20.3. The predicted octanol–water partition coefficient (Wildman–Crippen LogP) is 1.71. The molecule has 5 nitrogen and oxygen atoms in total. The number of nitrogens with one attached hydrogen (secondary N) is 1. The number of alkyl halides is 3.